The van der Waals surface area contributed by atoms with Gasteiger partial charge in [-0.15, -0.1) is 0 Å². The predicted molar refractivity (Wildman–Crippen MR) is 145 cm³/mol. The summed E-state index contributed by atoms with van der Waals surface area (Å²) in [6.07, 6.45) is 2.97. The number of rotatable bonds is 8. The van der Waals surface area contributed by atoms with Crippen LogP contribution in [0.25, 0.3) is 28.0 Å². The molecule has 0 aliphatic carbocycles. The summed E-state index contributed by atoms with van der Waals surface area (Å²) >= 11 is 12.6. The number of ether oxygens (including phenoxy) is 1. The van der Waals surface area contributed by atoms with Crippen LogP contribution in [-0.2, 0) is 16.0 Å². The average Bonchev–Trinajstić information content (AvgIpc) is 3.26. The normalized spacial score (nSPS) is 14.3. The Balaban J connectivity index is 1.39. The first-order valence-electron chi connectivity index (χ1n) is 12.2. The van der Waals surface area contributed by atoms with Crippen LogP contribution in [-0.4, -0.2) is 59.6 Å². The fraction of sp³-hybridized carbons (Fsp3) is 0.286. The zero-order valence-electron chi connectivity index (χ0n) is 19.9. The van der Waals surface area contributed by atoms with E-state index in [9.17, 15) is 4.79 Å². The monoisotopic (exact) mass is 522 g/mol. The molecule has 8 heteroatoms. The number of hydrogen-bond donors (Lipinski definition) is 1. The predicted octanol–water partition coefficient (Wildman–Crippen LogP) is 5.36. The number of halogens is 2. The van der Waals surface area contributed by atoms with Crippen molar-refractivity contribution in [3.63, 3.8) is 0 Å². The first kappa shape index (κ1) is 24.8. The molecule has 1 amide bonds. The average molecular weight is 523 g/mol. The van der Waals surface area contributed by atoms with Crippen LogP contribution in [0.4, 0.5) is 0 Å². The van der Waals surface area contributed by atoms with E-state index in [1.54, 1.807) is 0 Å². The summed E-state index contributed by atoms with van der Waals surface area (Å²) in [4.78, 5) is 19.9. The fourth-order valence-electron chi connectivity index (χ4n) is 4.52. The van der Waals surface area contributed by atoms with Gasteiger partial charge in [-0.1, -0.05) is 53.5 Å². The molecule has 5 rings (SSSR count). The smallest absolute Gasteiger partial charge is 0.220 e. The van der Waals surface area contributed by atoms with Crippen LogP contribution in [0.15, 0.2) is 66.9 Å². The summed E-state index contributed by atoms with van der Waals surface area (Å²) in [5, 5.41) is 4.43. The molecule has 36 heavy (non-hydrogen) atoms. The third kappa shape index (κ3) is 5.73. The number of pyridine rings is 1. The van der Waals surface area contributed by atoms with E-state index in [4.69, 9.17) is 32.9 Å². The molecule has 1 aliphatic heterocycles. The topological polar surface area (TPSA) is 58.9 Å². The maximum Gasteiger partial charge on any atom is 0.220 e. The highest BCUT2D eigenvalue weighted by Gasteiger charge is 2.17. The van der Waals surface area contributed by atoms with Crippen molar-refractivity contribution < 1.29 is 9.53 Å². The molecule has 0 atom stereocenters. The van der Waals surface area contributed by atoms with E-state index >= 15 is 0 Å². The number of benzene rings is 2. The van der Waals surface area contributed by atoms with Crippen molar-refractivity contribution in [2.45, 2.75) is 12.8 Å². The van der Waals surface area contributed by atoms with Crippen molar-refractivity contribution in [1.29, 1.82) is 0 Å². The van der Waals surface area contributed by atoms with Crippen LogP contribution in [0.1, 0.15) is 12.1 Å². The largest absolute Gasteiger partial charge is 0.379 e. The molecule has 1 saturated heterocycles. The molecule has 4 aromatic rings. The van der Waals surface area contributed by atoms with E-state index in [-0.39, 0.29) is 5.91 Å². The third-order valence-corrected chi connectivity index (χ3v) is 7.04. The number of hydrogen-bond acceptors (Lipinski definition) is 4. The van der Waals surface area contributed by atoms with Crippen LogP contribution in [0.3, 0.4) is 0 Å². The summed E-state index contributed by atoms with van der Waals surface area (Å²) in [6, 6.07) is 19.4. The number of aryl methyl sites for hydroxylation is 1. The van der Waals surface area contributed by atoms with Gasteiger partial charge < -0.3 is 14.5 Å². The summed E-state index contributed by atoms with van der Waals surface area (Å²) in [6.45, 7) is 4.80. The highest BCUT2D eigenvalue weighted by molar-refractivity contribution is 6.33. The Morgan fingerprint density at radius 1 is 0.972 bits per heavy atom. The molecule has 0 spiro atoms. The Kier molecular flexibility index (Phi) is 7.87. The summed E-state index contributed by atoms with van der Waals surface area (Å²) in [5.74, 6) is 0.0301. The van der Waals surface area contributed by atoms with Crippen LogP contribution in [0, 0.1) is 0 Å². The molecule has 2 aromatic carbocycles. The Hall–Kier alpha value is -2.90. The van der Waals surface area contributed by atoms with Gasteiger partial charge in [-0.3, -0.25) is 9.69 Å². The molecule has 6 nitrogen and oxygen atoms in total. The lowest BCUT2D eigenvalue weighted by Gasteiger charge is -2.26. The van der Waals surface area contributed by atoms with Gasteiger partial charge in [0.25, 0.3) is 0 Å². The van der Waals surface area contributed by atoms with E-state index < -0.39 is 0 Å². The number of imidazole rings is 1. The lowest BCUT2D eigenvalue weighted by atomic mass is 10.1. The Bertz CT molecular complexity index is 1350. The molecular formula is C28H28Cl2N4O2. The van der Waals surface area contributed by atoms with Gasteiger partial charge >= 0.3 is 0 Å². The highest BCUT2D eigenvalue weighted by atomic mass is 35.5. The van der Waals surface area contributed by atoms with Gasteiger partial charge in [0.2, 0.25) is 5.91 Å². The van der Waals surface area contributed by atoms with Crippen molar-refractivity contribution in [2.75, 3.05) is 39.4 Å². The van der Waals surface area contributed by atoms with E-state index in [1.807, 2.05) is 60.7 Å². The molecule has 2 aromatic heterocycles. The lowest BCUT2D eigenvalue weighted by Crippen LogP contribution is -2.41. The van der Waals surface area contributed by atoms with Gasteiger partial charge in [0.15, 0.2) is 0 Å². The molecule has 1 N–H and O–H groups in total. The molecule has 1 fully saturated rings. The number of nitrogens with one attached hydrogen (secondary N) is 1. The maximum absolute atomic E-state index is 12.7. The molecule has 186 valence electrons. The first-order chi connectivity index (χ1) is 17.6. The Labute approximate surface area is 220 Å². The van der Waals surface area contributed by atoms with Gasteiger partial charge in [-0.05, 0) is 42.3 Å². The zero-order chi connectivity index (χ0) is 24.9. The van der Waals surface area contributed by atoms with E-state index in [0.29, 0.717) is 29.4 Å². The van der Waals surface area contributed by atoms with Crippen molar-refractivity contribution in [3.8, 4) is 22.4 Å². The number of nitrogens with zero attached hydrogens (tertiary/aromatic N) is 3. The van der Waals surface area contributed by atoms with Crippen molar-refractivity contribution in [1.82, 2.24) is 19.6 Å². The molecule has 0 bridgehead atoms. The summed E-state index contributed by atoms with van der Waals surface area (Å²) < 4.78 is 7.46. The van der Waals surface area contributed by atoms with Crippen LogP contribution < -0.4 is 5.32 Å². The van der Waals surface area contributed by atoms with E-state index in [1.165, 1.54) is 0 Å². The zero-order valence-corrected chi connectivity index (χ0v) is 21.4. The third-order valence-electron chi connectivity index (χ3n) is 6.46. The number of morpholine rings is 1. The second-order valence-corrected chi connectivity index (χ2v) is 9.69. The molecule has 3 heterocycles. The lowest BCUT2D eigenvalue weighted by molar-refractivity contribution is -0.121. The SMILES string of the molecule is O=C(CCc1c(-c2ccc(Cl)cc2)nc2ccc(-c3ccccc3Cl)cn12)NCCN1CCOCC1. The van der Waals surface area contributed by atoms with E-state index in [0.717, 1.165) is 66.6 Å². The maximum atomic E-state index is 12.7. The van der Waals surface area contributed by atoms with Crippen molar-refractivity contribution in [2.24, 2.45) is 0 Å². The Morgan fingerprint density at radius 3 is 2.50 bits per heavy atom. The minimum absolute atomic E-state index is 0.0301. The van der Waals surface area contributed by atoms with Gasteiger partial charge in [-0.2, -0.15) is 0 Å². The minimum atomic E-state index is 0.0301. The van der Waals surface area contributed by atoms with E-state index in [2.05, 4.69) is 20.8 Å². The first-order valence-corrected chi connectivity index (χ1v) is 12.9. The number of carbonyl (C=O) groups excluding carboxylic acids is 1. The number of carbonyl (C=O) groups is 1. The van der Waals surface area contributed by atoms with Gasteiger partial charge in [0, 0.05) is 60.0 Å². The van der Waals surface area contributed by atoms with Crippen molar-refractivity contribution >= 4 is 34.8 Å². The van der Waals surface area contributed by atoms with Crippen LogP contribution in [0.2, 0.25) is 10.0 Å². The minimum Gasteiger partial charge on any atom is -0.379 e. The number of fused-ring (bicyclic) bond motifs is 1. The Morgan fingerprint density at radius 2 is 1.72 bits per heavy atom. The summed E-state index contributed by atoms with van der Waals surface area (Å²) in [7, 11) is 0. The quantitative estimate of drug-likeness (QED) is 0.338. The van der Waals surface area contributed by atoms with Crippen LogP contribution in [0.5, 0.6) is 0 Å². The standard InChI is InChI=1S/C28H28Cl2N4O2/c29-22-8-5-20(6-9-22)28-25(10-12-27(35)31-13-14-33-15-17-36-18-16-33)34-19-21(7-11-26(34)32-28)23-3-1-2-4-24(23)30/h1-9,11,19H,10,12-18H2,(H,31,35). The second-order valence-electron chi connectivity index (χ2n) is 8.84. The van der Waals surface area contributed by atoms with Gasteiger partial charge in [0.05, 0.1) is 24.6 Å². The van der Waals surface area contributed by atoms with Gasteiger partial charge in [-0.25, -0.2) is 4.98 Å². The van der Waals surface area contributed by atoms with Crippen LogP contribution >= 0.6 is 23.2 Å². The fourth-order valence-corrected chi connectivity index (χ4v) is 4.90. The number of aromatic nitrogens is 2. The molecule has 1 aliphatic rings. The van der Waals surface area contributed by atoms with Gasteiger partial charge in [0.1, 0.15) is 5.65 Å². The molecule has 0 saturated carbocycles. The molecule has 0 radical (unpaired) electrons. The van der Waals surface area contributed by atoms with Crippen molar-refractivity contribution in [3.05, 3.63) is 82.6 Å². The number of amides is 1. The second kappa shape index (κ2) is 11.4. The summed E-state index contributed by atoms with van der Waals surface area (Å²) in [5.41, 5.74) is 5.55. The molecule has 0 unspecified atom stereocenters. The highest BCUT2D eigenvalue weighted by Crippen LogP contribution is 2.31. The molecular weight excluding hydrogens is 495 g/mol.